The second-order valence-corrected chi connectivity index (χ2v) is 18.6. The molecule has 0 atom stereocenters. The van der Waals surface area contributed by atoms with Gasteiger partial charge in [-0.1, -0.05) is 72.8 Å². The van der Waals surface area contributed by atoms with Crippen LogP contribution in [0.1, 0.15) is 0 Å². The van der Waals surface area contributed by atoms with Crippen LogP contribution >= 0.6 is 47.0 Å². The van der Waals surface area contributed by atoms with Gasteiger partial charge in [-0.3, -0.25) is 0 Å². The maximum Gasteiger partial charge on any atom is 0.0948 e. The molecular formula is C28H28S4Si. The van der Waals surface area contributed by atoms with Gasteiger partial charge in [0.15, 0.2) is 0 Å². The minimum Gasteiger partial charge on any atom is -0.129 e. The van der Waals surface area contributed by atoms with Crippen LogP contribution in [0.25, 0.3) is 0 Å². The number of thioether (sulfide) groups is 4. The van der Waals surface area contributed by atoms with Gasteiger partial charge in [0.1, 0.15) is 0 Å². The first kappa shape index (κ1) is 24.6. The molecule has 0 nitrogen and oxygen atoms in total. The molecule has 4 rings (SSSR count). The van der Waals surface area contributed by atoms with Crippen molar-refractivity contribution in [2.45, 2.75) is 19.6 Å². The Labute approximate surface area is 216 Å². The van der Waals surface area contributed by atoms with Crippen LogP contribution in [0.2, 0.25) is 0 Å². The fourth-order valence-corrected chi connectivity index (χ4v) is 18.7. The molecule has 0 saturated carbocycles. The SMILES string of the molecule is c1ccc(SC[Si](CSc2ccccc2)(CSc2ccccc2)CSc2ccccc2)cc1. The summed E-state index contributed by atoms with van der Waals surface area (Å²) in [6.45, 7) is 0. The highest BCUT2D eigenvalue weighted by Crippen LogP contribution is 2.35. The van der Waals surface area contributed by atoms with Gasteiger partial charge in [-0.05, 0) is 70.0 Å². The van der Waals surface area contributed by atoms with Gasteiger partial charge < -0.3 is 0 Å². The molecule has 0 aromatic heterocycles. The lowest BCUT2D eigenvalue weighted by atomic mass is 10.4. The van der Waals surface area contributed by atoms with Crippen LogP contribution in [0.5, 0.6) is 0 Å². The lowest BCUT2D eigenvalue weighted by Gasteiger charge is -2.31. The van der Waals surface area contributed by atoms with Crippen LogP contribution in [0, 0.1) is 0 Å². The Hall–Kier alpha value is -1.50. The maximum atomic E-state index is 2.25. The fourth-order valence-electron chi connectivity index (χ4n) is 3.26. The minimum absolute atomic E-state index is 1.23. The van der Waals surface area contributed by atoms with Crippen molar-refractivity contribution in [3.05, 3.63) is 121 Å². The molecule has 0 aliphatic carbocycles. The molecule has 4 aromatic carbocycles. The van der Waals surface area contributed by atoms with E-state index in [0.717, 1.165) is 0 Å². The Morgan fingerprint density at radius 1 is 0.333 bits per heavy atom. The van der Waals surface area contributed by atoms with Crippen molar-refractivity contribution in [2.24, 2.45) is 0 Å². The largest absolute Gasteiger partial charge is 0.129 e. The highest BCUT2D eigenvalue weighted by molar-refractivity contribution is 8.07. The van der Waals surface area contributed by atoms with E-state index in [9.17, 15) is 0 Å². The molecule has 0 N–H and O–H groups in total. The number of hydrogen-bond donors (Lipinski definition) is 0. The second-order valence-electron chi connectivity index (χ2n) is 7.91. The first-order valence-corrected chi connectivity index (χ1v) is 17.8. The zero-order valence-electron chi connectivity index (χ0n) is 18.5. The molecule has 0 aliphatic rings. The summed E-state index contributed by atoms with van der Waals surface area (Å²) in [4.78, 5) is 5.53. The van der Waals surface area contributed by atoms with Crippen LogP contribution in [0.15, 0.2) is 141 Å². The summed E-state index contributed by atoms with van der Waals surface area (Å²) in [6.07, 6.45) is 0. The first-order valence-electron chi connectivity index (χ1n) is 11.0. The van der Waals surface area contributed by atoms with Crippen molar-refractivity contribution >= 4 is 55.1 Å². The highest BCUT2D eigenvalue weighted by Gasteiger charge is 2.34. The van der Waals surface area contributed by atoms with E-state index in [1.54, 1.807) is 0 Å². The number of benzene rings is 4. The zero-order valence-corrected chi connectivity index (χ0v) is 22.8. The summed E-state index contributed by atoms with van der Waals surface area (Å²) >= 11 is 8.22. The van der Waals surface area contributed by atoms with Gasteiger partial charge in [0, 0.05) is 19.6 Å². The predicted octanol–water partition coefficient (Wildman–Crippen LogP) is 8.76. The van der Waals surface area contributed by atoms with Crippen molar-refractivity contribution in [2.75, 3.05) is 21.5 Å². The van der Waals surface area contributed by atoms with Crippen molar-refractivity contribution in [3.8, 4) is 0 Å². The normalized spacial score (nSPS) is 11.4. The van der Waals surface area contributed by atoms with Crippen molar-refractivity contribution in [1.82, 2.24) is 0 Å². The van der Waals surface area contributed by atoms with Crippen molar-refractivity contribution in [3.63, 3.8) is 0 Å². The monoisotopic (exact) mass is 520 g/mol. The van der Waals surface area contributed by atoms with Crippen molar-refractivity contribution in [1.29, 1.82) is 0 Å². The van der Waals surface area contributed by atoms with E-state index in [1.165, 1.54) is 41.1 Å². The topological polar surface area (TPSA) is 0 Å². The van der Waals surface area contributed by atoms with Crippen LogP contribution in [0.4, 0.5) is 0 Å². The van der Waals surface area contributed by atoms with Gasteiger partial charge in [0.25, 0.3) is 0 Å². The summed E-state index contributed by atoms with van der Waals surface area (Å²) in [5.74, 6) is 0. The summed E-state index contributed by atoms with van der Waals surface area (Å²) in [7, 11) is -1.67. The lowest BCUT2D eigenvalue weighted by molar-refractivity contribution is 1.43. The third-order valence-corrected chi connectivity index (χ3v) is 19.7. The third-order valence-electron chi connectivity index (χ3n) is 5.15. The first-order chi connectivity index (χ1) is 16.3. The quantitative estimate of drug-likeness (QED) is 0.135. The molecule has 33 heavy (non-hydrogen) atoms. The van der Waals surface area contributed by atoms with Crippen LogP contribution in [-0.4, -0.2) is 29.6 Å². The molecule has 0 spiro atoms. The van der Waals surface area contributed by atoms with Gasteiger partial charge in [-0.2, -0.15) is 0 Å². The van der Waals surface area contributed by atoms with Crippen molar-refractivity contribution < 1.29 is 0 Å². The number of hydrogen-bond acceptors (Lipinski definition) is 4. The summed E-state index contributed by atoms with van der Waals surface area (Å²) in [5.41, 5.74) is 0. The van der Waals surface area contributed by atoms with Crippen LogP contribution < -0.4 is 0 Å². The molecule has 0 fully saturated rings. The molecule has 0 radical (unpaired) electrons. The van der Waals surface area contributed by atoms with Crippen LogP contribution in [0.3, 0.4) is 0 Å². The molecule has 0 heterocycles. The van der Waals surface area contributed by atoms with E-state index in [4.69, 9.17) is 0 Å². The molecule has 168 valence electrons. The van der Waals surface area contributed by atoms with E-state index >= 15 is 0 Å². The Balaban J connectivity index is 1.56. The Bertz CT molecular complexity index is 881. The Kier molecular flexibility index (Phi) is 10.00. The second kappa shape index (κ2) is 13.4. The van der Waals surface area contributed by atoms with Gasteiger partial charge in [-0.25, -0.2) is 0 Å². The van der Waals surface area contributed by atoms with E-state index in [2.05, 4.69) is 168 Å². The highest BCUT2D eigenvalue weighted by atomic mass is 32.2. The van der Waals surface area contributed by atoms with Gasteiger partial charge in [0.05, 0.1) is 8.07 Å². The predicted molar refractivity (Wildman–Crippen MR) is 154 cm³/mol. The third kappa shape index (κ3) is 8.34. The molecule has 0 saturated heterocycles. The summed E-state index contributed by atoms with van der Waals surface area (Å²) in [6, 6.07) is 43.7. The smallest absolute Gasteiger partial charge is 0.0948 e. The molecule has 0 amide bonds. The summed E-state index contributed by atoms with van der Waals surface area (Å²) in [5, 5.41) is 4.93. The molecule has 0 bridgehead atoms. The molecule has 5 heteroatoms. The molecule has 0 unspecified atom stereocenters. The van der Waals surface area contributed by atoms with Gasteiger partial charge in [0.2, 0.25) is 0 Å². The molecule has 0 aliphatic heterocycles. The van der Waals surface area contributed by atoms with E-state index in [-0.39, 0.29) is 0 Å². The lowest BCUT2D eigenvalue weighted by Crippen LogP contribution is -2.48. The average molecular weight is 521 g/mol. The zero-order chi connectivity index (χ0) is 22.6. The van der Waals surface area contributed by atoms with E-state index < -0.39 is 8.07 Å². The Morgan fingerprint density at radius 2 is 0.545 bits per heavy atom. The van der Waals surface area contributed by atoms with Crippen LogP contribution in [-0.2, 0) is 0 Å². The van der Waals surface area contributed by atoms with E-state index in [0.29, 0.717) is 0 Å². The fraction of sp³-hybridized carbons (Fsp3) is 0.143. The molecule has 4 aromatic rings. The van der Waals surface area contributed by atoms with E-state index in [1.807, 2.05) is 0 Å². The maximum absolute atomic E-state index is 2.25. The Morgan fingerprint density at radius 3 is 0.758 bits per heavy atom. The minimum atomic E-state index is -1.67. The summed E-state index contributed by atoms with van der Waals surface area (Å²) < 4.78 is 0. The average Bonchev–Trinajstić information content (AvgIpc) is 2.90. The number of rotatable bonds is 12. The standard InChI is InChI=1S/C28H28S4Si/c1-5-13-25(14-6-1)29-21-33(22-30-26-15-7-2-8-16-26,23-31-27-17-9-3-10-18-27)24-32-28-19-11-4-12-20-28/h1-20H,21-24H2. The van der Waals surface area contributed by atoms with Gasteiger partial charge in [-0.15, -0.1) is 47.0 Å². The van der Waals surface area contributed by atoms with Gasteiger partial charge >= 0.3 is 0 Å². The molecular weight excluding hydrogens is 493 g/mol.